The Morgan fingerprint density at radius 2 is 2.10 bits per heavy atom. The molecule has 0 saturated heterocycles. The van der Waals surface area contributed by atoms with Gasteiger partial charge in [-0.1, -0.05) is 6.08 Å². The molecule has 1 nitrogen and oxygen atoms in total. The van der Waals surface area contributed by atoms with Gasteiger partial charge >= 0.3 is 0 Å². The molecule has 0 aliphatic carbocycles. The van der Waals surface area contributed by atoms with Crippen LogP contribution in [0.3, 0.4) is 0 Å². The van der Waals surface area contributed by atoms with E-state index in [-0.39, 0.29) is 25.0 Å². The smallest absolute Gasteiger partial charge is 0.250 e. The average molecular weight is 172 g/mol. The fraction of sp³-hybridized carbons (Fsp3) is 0.667. The molecule has 0 aliphatic heterocycles. The monoisotopic (exact) mass is 171 g/mol. The van der Waals surface area contributed by atoms with E-state index in [2.05, 4.69) is 11.9 Å². The Bertz CT molecular complexity index is 87.8. The molecule has 1 atom stereocenters. The molecule has 0 unspecified atom stereocenters. The van der Waals surface area contributed by atoms with Gasteiger partial charge in [0.1, 0.15) is 0 Å². The van der Waals surface area contributed by atoms with E-state index in [0.717, 1.165) is 0 Å². The van der Waals surface area contributed by atoms with Crippen LogP contribution in [0.25, 0.3) is 0 Å². The zero-order chi connectivity index (χ0) is 7.28. The highest BCUT2D eigenvalue weighted by atomic mass is 35.5. The Kier molecular flexibility index (Phi) is 8.72. The summed E-state index contributed by atoms with van der Waals surface area (Å²) in [7, 11) is 0. The third kappa shape index (κ3) is 7.85. The zero-order valence-electron chi connectivity index (χ0n) is 5.81. The molecule has 62 valence electrons. The number of hydrogen-bond donors (Lipinski definition) is 1. The minimum Gasteiger partial charge on any atom is -0.305 e. The summed E-state index contributed by atoms with van der Waals surface area (Å²) in [6.07, 6.45) is -0.685. The Hall–Kier alpha value is -0.150. The topological polar surface area (TPSA) is 12.0 Å². The van der Waals surface area contributed by atoms with Crippen LogP contribution < -0.4 is 5.32 Å². The molecule has 0 bridgehead atoms. The van der Waals surface area contributed by atoms with Crippen LogP contribution in [0.1, 0.15) is 6.92 Å². The van der Waals surface area contributed by atoms with Gasteiger partial charge in [-0.2, -0.15) is 0 Å². The van der Waals surface area contributed by atoms with Crippen LogP contribution in [0, 0.1) is 0 Å². The maximum Gasteiger partial charge on any atom is 0.250 e. The third-order valence-electron chi connectivity index (χ3n) is 0.948. The second kappa shape index (κ2) is 6.96. The van der Waals surface area contributed by atoms with E-state index in [1.807, 2.05) is 0 Å². The highest BCUT2D eigenvalue weighted by Crippen LogP contribution is 1.89. The van der Waals surface area contributed by atoms with Crippen LogP contribution in [0.5, 0.6) is 0 Å². The predicted molar refractivity (Wildman–Crippen MR) is 40.9 cm³/mol. The molecule has 0 aromatic carbocycles. The van der Waals surface area contributed by atoms with Gasteiger partial charge in [0.25, 0.3) is 6.43 Å². The largest absolute Gasteiger partial charge is 0.305 e. The molecule has 0 spiro atoms. The van der Waals surface area contributed by atoms with Crippen molar-refractivity contribution in [1.29, 1.82) is 0 Å². The van der Waals surface area contributed by atoms with Gasteiger partial charge in [0.05, 0.1) is 6.54 Å². The average Bonchev–Trinajstić information content (AvgIpc) is 1.83. The Balaban J connectivity index is 0. The second-order valence-electron chi connectivity index (χ2n) is 1.82. The molecular weight excluding hydrogens is 160 g/mol. The molecule has 0 fully saturated rings. The summed E-state index contributed by atoms with van der Waals surface area (Å²) in [5.41, 5.74) is 0. The Morgan fingerprint density at radius 3 is 2.40 bits per heavy atom. The Morgan fingerprint density at radius 1 is 1.60 bits per heavy atom. The van der Waals surface area contributed by atoms with Gasteiger partial charge in [-0.25, -0.2) is 8.78 Å². The molecular formula is C6H12ClF2N. The molecule has 0 rings (SSSR count). The summed E-state index contributed by atoms with van der Waals surface area (Å²) < 4.78 is 22.9. The maximum absolute atomic E-state index is 11.4. The normalized spacial score (nSPS) is 12.4. The lowest BCUT2D eigenvalue weighted by molar-refractivity contribution is 0.144. The van der Waals surface area contributed by atoms with Gasteiger partial charge in [-0.05, 0) is 6.92 Å². The number of rotatable bonds is 4. The molecule has 0 aromatic rings. The summed E-state index contributed by atoms with van der Waals surface area (Å²) in [4.78, 5) is 0. The van der Waals surface area contributed by atoms with E-state index < -0.39 is 6.43 Å². The summed E-state index contributed by atoms with van der Waals surface area (Å²) >= 11 is 0. The van der Waals surface area contributed by atoms with Crippen molar-refractivity contribution in [2.75, 3.05) is 6.54 Å². The highest BCUT2D eigenvalue weighted by molar-refractivity contribution is 5.85. The van der Waals surface area contributed by atoms with Crippen molar-refractivity contribution in [3.8, 4) is 0 Å². The SMILES string of the molecule is C=C[C@H](C)NCC(F)F.Cl. The molecule has 0 saturated carbocycles. The van der Waals surface area contributed by atoms with E-state index in [0.29, 0.717) is 0 Å². The van der Waals surface area contributed by atoms with Crippen LogP contribution in [0.4, 0.5) is 8.78 Å². The third-order valence-corrected chi connectivity index (χ3v) is 0.948. The lowest BCUT2D eigenvalue weighted by Crippen LogP contribution is -2.28. The molecule has 10 heavy (non-hydrogen) atoms. The fourth-order valence-electron chi connectivity index (χ4n) is 0.358. The minimum atomic E-state index is -2.27. The molecule has 1 N–H and O–H groups in total. The molecule has 0 aliphatic rings. The summed E-state index contributed by atoms with van der Waals surface area (Å²) in [6.45, 7) is 4.95. The van der Waals surface area contributed by atoms with Crippen LogP contribution in [0.15, 0.2) is 12.7 Å². The first kappa shape index (κ1) is 12.5. The van der Waals surface area contributed by atoms with Crippen LogP contribution >= 0.6 is 12.4 Å². The van der Waals surface area contributed by atoms with Crippen LogP contribution in [-0.4, -0.2) is 19.0 Å². The van der Waals surface area contributed by atoms with Gasteiger partial charge in [0.2, 0.25) is 0 Å². The van der Waals surface area contributed by atoms with Crippen molar-refractivity contribution < 1.29 is 8.78 Å². The number of alkyl halides is 2. The zero-order valence-corrected chi connectivity index (χ0v) is 6.63. The number of hydrogen-bond acceptors (Lipinski definition) is 1. The maximum atomic E-state index is 11.4. The first-order valence-corrected chi connectivity index (χ1v) is 2.81. The quantitative estimate of drug-likeness (QED) is 0.637. The first-order chi connectivity index (χ1) is 4.16. The van der Waals surface area contributed by atoms with Crippen molar-refractivity contribution in [2.45, 2.75) is 19.4 Å². The summed E-state index contributed by atoms with van der Waals surface area (Å²) in [5, 5.41) is 2.56. The minimum absolute atomic E-state index is 0. The van der Waals surface area contributed by atoms with E-state index in [9.17, 15) is 8.78 Å². The molecule has 0 radical (unpaired) electrons. The predicted octanol–water partition coefficient (Wildman–Crippen LogP) is 1.84. The molecule has 0 amide bonds. The van der Waals surface area contributed by atoms with E-state index >= 15 is 0 Å². The second-order valence-corrected chi connectivity index (χ2v) is 1.82. The van der Waals surface area contributed by atoms with Gasteiger partial charge in [0, 0.05) is 6.04 Å². The van der Waals surface area contributed by atoms with Crippen LogP contribution in [-0.2, 0) is 0 Å². The van der Waals surface area contributed by atoms with E-state index in [1.165, 1.54) is 0 Å². The van der Waals surface area contributed by atoms with Crippen molar-refractivity contribution >= 4 is 12.4 Å². The fourth-order valence-corrected chi connectivity index (χ4v) is 0.358. The lowest BCUT2D eigenvalue weighted by Gasteiger charge is -2.06. The van der Waals surface area contributed by atoms with Crippen molar-refractivity contribution in [1.82, 2.24) is 5.32 Å². The first-order valence-electron chi connectivity index (χ1n) is 2.81. The number of nitrogens with one attached hydrogen (secondary N) is 1. The van der Waals surface area contributed by atoms with Crippen molar-refractivity contribution in [3.05, 3.63) is 12.7 Å². The van der Waals surface area contributed by atoms with Crippen molar-refractivity contribution in [3.63, 3.8) is 0 Å². The number of halogens is 3. The summed E-state index contributed by atoms with van der Waals surface area (Å²) in [6, 6.07) is -0.0287. The molecule has 0 aromatic heterocycles. The van der Waals surface area contributed by atoms with E-state index in [4.69, 9.17) is 0 Å². The van der Waals surface area contributed by atoms with Gasteiger partial charge < -0.3 is 5.32 Å². The van der Waals surface area contributed by atoms with Gasteiger partial charge in [-0.3, -0.25) is 0 Å². The highest BCUT2D eigenvalue weighted by Gasteiger charge is 2.01. The molecule has 4 heteroatoms. The Labute approximate surface area is 65.9 Å². The van der Waals surface area contributed by atoms with Gasteiger partial charge in [0.15, 0.2) is 0 Å². The van der Waals surface area contributed by atoms with Gasteiger partial charge in [-0.15, -0.1) is 19.0 Å². The molecule has 0 heterocycles. The summed E-state index contributed by atoms with van der Waals surface area (Å²) in [5.74, 6) is 0. The standard InChI is InChI=1S/C6H11F2N.ClH/c1-3-5(2)9-4-6(7)8;/h3,5-6,9H,1,4H2,2H3;1H/t5-;/m0./s1. The van der Waals surface area contributed by atoms with Crippen molar-refractivity contribution in [2.24, 2.45) is 0 Å². The van der Waals surface area contributed by atoms with Crippen LogP contribution in [0.2, 0.25) is 0 Å². The lowest BCUT2D eigenvalue weighted by atomic mass is 10.3. The van der Waals surface area contributed by atoms with E-state index in [1.54, 1.807) is 13.0 Å².